The van der Waals surface area contributed by atoms with Gasteiger partial charge in [-0.2, -0.15) is 0 Å². The molecule has 21 heavy (non-hydrogen) atoms. The van der Waals surface area contributed by atoms with Gasteiger partial charge in [-0.15, -0.1) is 0 Å². The Morgan fingerprint density at radius 1 is 1.19 bits per heavy atom. The van der Waals surface area contributed by atoms with Crippen LogP contribution in [0.3, 0.4) is 0 Å². The number of carboxylic acids is 1. The number of hydrogen-bond acceptors (Lipinski definition) is 4. The molecule has 2 heterocycles. The molecule has 2 bridgehead atoms. The van der Waals surface area contributed by atoms with Crippen molar-refractivity contribution >= 4 is 17.9 Å². The van der Waals surface area contributed by atoms with Gasteiger partial charge < -0.3 is 14.7 Å². The molecule has 0 aliphatic carbocycles. The molecular weight excluding hydrogens is 276 g/mol. The van der Waals surface area contributed by atoms with E-state index in [2.05, 4.69) is 5.32 Å². The van der Waals surface area contributed by atoms with E-state index in [9.17, 15) is 14.4 Å². The first kappa shape index (κ1) is 15.8. The van der Waals surface area contributed by atoms with Crippen molar-refractivity contribution in [2.45, 2.75) is 51.7 Å². The average molecular weight is 298 g/mol. The van der Waals surface area contributed by atoms with Crippen molar-refractivity contribution in [3.63, 3.8) is 0 Å². The van der Waals surface area contributed by atoms with Gasteiger partial charge in [-0.3, -0.25) is 14.9 Å². The lowest BCUT2D eigenvalue weighted by Crippen LogP contribution is -2.51. The van der Waals surface area contributed by atoms with Crippen molar-refractivity contribution in [1.29, 1.82) is 0 Å². The van der Waals surface area contributed by atoms with E-state index >= 15 is 0 Å². The van der Waals surface area contributed by atoms with Gasteiger partial charge in [0.15, 0.2) is 0 Å². The predicted molar refractivity (Wildman–Crippen MR) is 73.7 cm³/mol. The van der Waals surface area contributed by atoms with Crippen LogP contribution in [0.4, 0.5) is 4.79 Å². The zero-order valence-electron chi connectivity index (χ0n) is 12.4. The highest BCUT2D eigenvalue weighted by Gasteiger charge is 2.36. The number of imide groups is 1. The highest BCUT2D eigenvalue weighted by Crippen LogP contribution is 2.27. The van der Waals surface area contributed by atoms with Crippen molar-refractivity contribution < 1.29 is 24.2 Å². The number of urea groups is 1. The fourth-order valence-electron chi connectivity index (χ4n) is 2.93. The molecule has 2 fully saturated rings. The Labute approximate surface area is 123 Å². The third-order valence-electron chi connectivity index (χ3n) is 3.85. The summed E-state index contributed by atoms with van der Waals surface area (Å²) in [6.45, 7) is 4.41. The van der Waals surface area contributed by atoms with Gasteiger partial charge in [0.2, 0.25) is 5.91 Å². The molecule has 2 saturated heterocycles. The van der Waals surface area contributed by atoms with Gasteiger partial charge in [0.1, 0.15) is 0 Å². The molecule has 0 radical (unpaired) electrons. The number of carboxylic acid groups (broad SMARTS) is 1. The smallest absolute Gasteiger partial charge is 0.324 e. The second-order valence-electron chi connectivity index (χ2n) is 6.63. The number of carbonyl (C=O) groups is 3. The van der Waals surface area contributed by atoms with Crippen LogP contribution in [0.5, 0.6) is 0 Å². The number of carbonyl (C=O) groups excluding carboxylic acids is 2. The van der Waals surface area contributed by atoms with E-state index in [4.69, 9.17) is 9.84 Å². The van der Waals surface area contributed by atoms with E-state index in [1.54, 1.807) is 18.7 Å². The Balaban J connectivity index is 1.82. The maximum Gasteiger partial charge on any atom is 0.324 e. The van der Waals surface area contributed by atoms with Gasteiger partial charge in [-0.1, -0.05) is 13.8 Å². The summed E-state index contributed by atoms with van der Waals surface area (Å²) in [5.41, 5.74) is -0.680. The van der Waals surface area contributed by atoms with E-state index in [-0.39, 0.29) is 25.0 Å². The minimum absolute atomic E-state index is 0.00222. The maximum atomic E-state index is 12.1. The number of fused-ring (bicyclic) bond motifs is 2. The lowest BCUT2D eigenvalue weighted by Gasteiger charge is -2.32. The maximum absolute atomic E-state index is 12.1. The van der Waals surface area contributed by atoms with E-state index in [1.807, 2.05) is 0 Å². The van der Waals surface area contributed by atoms with Crippen molar-refractivity contribution in [2.75, 3.05) is 13.1 Å². The molecule has 118 valence electrons. The van der Waals surface area contributed by atoms with Crippen LogP contribution in [0, 0.1) is 5.41 Å². The fraction of sp³-hybridized carbons (Fsp3) is 0.786. The number of ether oxygens (including phenoxy) is 1. The normalized spacial score (nSPS) is 24.8. The monoisotopic (exact) mass is 298 g/mol. The summed E-state index contributed by atoms with van der Waals surface area (Å²) in [7, 11) is 0. The molecule has 2 aliphatic rings. The van der Waals surface area contributed by atoms with Crippen molar-refractivity contribution in [3.05, 3.63) is 0 Å². The predicted octanol–water partition coefficient (Wildman–Crippen LogP) is 0.977. The molecule has 0 spiro atoms. The molecule has 2 N–H and O–H groups in total. The van der Waals surface area contributed by atoms with Gasteiger partial charge in [-0.25, -0.2) is 4.79 Å². The Kier molecular flexibility index (Phi) is 4.51. The quantitative estimate of drug-likeness (QED) is 0.806. The van der Waals surface area contributed by atoms with E-state index in [1.165, 1.54) is 0 Å². The number of morpholine rings is 1. The summed E-state index contributed by atoms with van der Waals surface area (Å²) in [5, 5.41) is 11.1. The van der Waals surface area contributed by atoms with Gasteiger partial charge in [0.05, 0.1) is 18.6 Å². The van der Waals surface area contributed by atoms with Crippen LogP contribution >= 0.6 is 0 Å². The van der Waals surface area contributed by atoms with Crippen LogP contribution in [-0.4, -0.2) is 53.2 Å². The first-order chi connectivity index (χ1) is 9.75. The zero-order valence-corrected chi connectivity index (χ0v) is 12.4. The SMILES string of the molecule is CC(C)(CC(=O)O)CC(=O)NC(=O)N1CC2CCC(C1)O2. The van der Waals surface area contributed by atoms with Crippen LogP contribution in [0.2, 0.25) is 0 Å². The van der Waals surface area contributed by atoms with Crippen LogP contribution < -0.4 is 5.32 Å². The van der Waals surface area contributed by atoms with E-state index in [0.29, 0.717) is 13.1 Å². The summed E-state index contributed by atoms with van der Waals surface area (Å²) >= 11 is 0. The van der Waals surface area contributed by atoms with E-state index < -0.39 is 23.3 Å². The number of nitrogens with zero attached hydrogens (tertiary/aromatic N) is 1. The minimum Gasteiger partial charge on any atom is -0.481 e. The van der Waals surface area contributed by atoms with Crippen molar-refractivity contribution in [2.24, 2.45) is 5.41 Å². The first-order valence-electron chi connectivity index (χ1n) is 7.21. The molecule has 2 atom stereocenters. The molecule has 2 aliphatic heterocycles. The summed E-state index contributed by atoms with van der Waals surface area (Å²) in [6, 6.07) is -0.411. The lowest BCUT2D eigenvalue weighted by molar-refractivity contribution is -0.139. The van der Waals surface area contributed by atoms with Crippen LogP contribution in [0.25, 0.3) is 0 Å². The van der Waals surface area contributed by atoms with Crippen LogP contribution in [0.15, 0.2) is 0 Å². The first-order valence-corrected chi connectivity index (χ1v) is 7.21. The summed E-state index contributed by atoms with van der Waals surface area (Å²) in [4.78, 5) is 36.3. The molecule has 0 aromatic carbocycles. The molecule has 7 nitrogen and oxygen atoms in total. The molecule has 0 aromatic heterocycles. The lowest BCUT2D eigenvalue weighted by atomic mass is 9.85. The Morgan fingerprint density at radius 3 is 2.29 bits per heavy atom. The second-order valence-corrected chi connectivity index (χ2v) is 6.63. The summed E-state index contributed by atoms with van der Waals surface area (Å²) in [6.07, 6.45) is 1.95. The Bertz CT molecular complexity index is 437. The number of aliphatic carboxylic acids is 1. The molecular formula is C14H22N2O5. The summed E-state index contributed by atoms with van der Waals surface area (Å²) in [5.74, 6) is -1.39. The van der Waals surface area contributed by atoms with Crippen molar-refractivity contribution in [1.82, 2.24) is 10.2 Å². The fourth-order valence-corrected chi connectivity index (χ4v) is 2.93. The van der Waals surface area contributed by atoms with Gasteiger partial charge in [0, 0.05) is 19.5 Å². The summed E-state index contributed by atoms with van der Waals surface area (Å²) < 4.78 is 5.64. The Hall–Kier alpha value is -1.63. The van der Waals surface area contributed by atoms with Crippen LogP contribution in [-0.2, 0) is 14.3 Å². The highest BCUT2D eigenvalue weighted by atomic mass is 16.5. The molecule has 2 rings (SSSR count). The number of rotatable bonds is 4. The van der Waals surface area contributed by atoms with Crippen LogP contribution in [0.1, 0.15) is 39.5 Å². The Morgan fingerprint density at radius 2 is 1.76 bits per heavy atom. The number of likely N-dealkylation sites (tertiary alicyclic amines) is 1. The van der Waals surface area contributed by atoms with Gasteiger partial charge in [0.25, 0.3) is 0 Å². The average Bonchev–Trinajstić information content (AvgIpc) is 2.65. The van der Waals surface area contributed by atoms with Crippen molar-refractivity contribution in [3.8, 4) is 0 Å². The van der Waals surface area contributed by atoms with E-state index in [0.717, 1.165) is 12.8 Å². The number of hydrogen-bond donors (Lipinski definition) is 2. The zero-order chi connectivity index (χ0) is 15.6. The third-order valence-corrected chi connectivity index (χ3v) is 3.85. The standard InChI is InChI=1S/C14H22N2O5/c1-14(2,6-12(18)19)5-11(17)15-13(20)16-7-9-3-4-10(8-16)21-9/h9-10H,3-8H2,1-2H3,(H,18,19)(H,15,17,20). The van der Waals surface area contributed by atoms with Gasteiger partial charge >= 0.3 is 12.0 Å². The number of nitrogens with one attached hydrogen (secondary N) is 1. The largest absolute Gasteiger partial charge is 0.481 e. The molecule has 0 aromatic rings. The van der Waals surface area contributed by atoms with Gasteiger partial charge in [-0.05, 0) is 18.3 Å². The molecule has 3 amide bonds. The second kappa shape index (κ2) is 6.01. The third kappa shape index (κ3) is 4.42. The highest BCUT2D eigenvalue weighted by molar-refractivity contribution is 5.94. The number of amides is 3. The molecule has 7 heteroatoms. The molecule has 2 unspecified atom stereocenters. The molecule has 0 saturated carbocycles. The topological polar surface area (TPSA) is 95.9 Å². The minimum atomic E-state index is -0.955.